The fourth-order valence-electron chi connectivity index (χ4n) is 8.25. The van der Waals surface area contributed by atoms with Crippen molar-refractivity contribution in [3.05, 3.63) is 76.4 Å². The lowest BCUT2D eigenvalue weighted by molar-refractivity contribution is 0.220. The van der Waals surface area contributed by atoms with E-state index in [0.29, 0.717) is 17.8 Å². The molecule has 0 aromatic heterocycles. The summed E-state index contributed by atoms with van der Waals surface area (Å²) in [5, 5.41) is 0. The fraction of sp³-hybridized carbons (Fsp3) is 0.632. The van der Waals surface area contributed by atoms with E-state index in [4.69, 9.17) is 0 Å². The van der Waals surface area contributed by atoms with Crippen LogP contribution in [0.4, 0.5) is 8.78 Å². The van der Waals surface area contributed by atoms with Gasteiger partial charge in [-0.3, -0.25) is 0 Å². The number of hydrogen-bond donors (Lipinski definition) is 0. The summed E-state index contributed by atoms with van der Waals surface area (Å²) in [6.07, 6.45) is 22.7. The highest BCUT2D eigenvalue weighted by Gasteiger charge is 2.30. The Morgan fingerprint density at radius 3 is 1.95 bits per heavy atom. The zero-order chi connectivity index (χ0) is 27.9. The second-order valence-corrected chi connectivity index (χ2v) is 13.4. The van der Waals surface area contributed by atoms with Crippen LogP contribution in [-0.4, -0.2) is 0 Å². The molecule has 3 aliphatic rings. The van der Waals surface area contributed by atoms with Crippen LogP contribution in [0.5, 0.6) is 0 Å². The van der Waals surface area contributed by atoms with Gasteiger partial charge in [0.2, 0.25) is 0 Å². The molecular weight excluding hydrogens is 494 g/mol. The average molecular weight is 547 g/mol. The van der Waals surface area contributed by atoms with E-state index < -0.39 is 0 Å². The molecule has 40 heavy (non-hydrogen) atoms. The van der Waals surface area contributed by atoms with Crippen molar-refractivity contribution in [3.63, 3.8) is 0 Å². The largest absolute Gasteiger partial charge is 0.207 e. The van der Waals surface area contributed by atoms with Gasteiger partial charge in [0.1, 0.15) is 11.6 Å². The van der Waals surface area contributed by atoms with Gasteiger partial charge in [-0.2, -0.15) is 0 Å². The molecule has 0 aliphatic heterocycles. The molecule has 0 saturated heterocycles. The molecular formula is C38H52F2. The van der Waals surface area contributed by atoms with Gasteiger partial charge in [0.05, 0.1) is 0 Å². The summed E-state index contributed by atoms with van der Waals surface area (Å²) in [6, 6.07) is 12.2. The molecule has 1 unspecified atom stereocenters. The number of halogens is 2. The third kappa shape index (κ3) is 7.27. The van der Waals surface area contributed by atoms with Gasteiger partial charge in [0, 0.05) is 5.56 Å². The molecule has 0 N–H and O–H groups in total. The van der Waals surface area contributed by atoms with Crippen molar-refractivity contribution in [3.8, 4) is 0 Å². The van der Waals surface area contributed by atoms with Crippen LogP contribution in [0.25, 0.3) is 5.57 Å². The molecule has 2 aromatic carbocycles. The maximum absolute atomic E-state index is 15.4. The lowest BCUT2D eigenvalue weighted by atomic mass is 9.70. The van der Waals surface area contributed by atoms with E-state index in [-0.39, 0.29) is 11.6 Å². The van der Waals surface area contributed by atoms with Gasteiger partial charge < -0.3 is 0 Å². The number of benzene rings is 2. The van der Waals surface area contributed by atoms with E-state index in [2.05, 4.69) is 38.1 Å². The van der Waals surface area contributed by atoms with Crippen LogP contribution in [0.2, 0.25) is 0 Å². The molecule has 0 radical (unpaired) electrons. The summed E-state index contributed by atoms with van der Waals surface area (Å²) in [7, 11) is 0. The monoisotopic (exact) mass is 546 g/mol. The van der Waals surface area contributed by atoms with Crippen LogP contribution < -0.4 is 0 Å². The van der Waals surface area contributed by atoms with Crippen LogP contribution in [0.1, 0.15) is 151 Å². The highest BCUT2D eigenvalue weighted by atomic mass is 19.1. The lowest BCUT2D eigenvalue weighted by Crippen LogP contribution is -2.22. The summed E-state index contributed by atoms with van der Waals surface area (Å²) >= 11 is 0. The van der Waals surface area contributed by atoms with Crippen molar-refractivity contribution < 1.29 is 8.78 Å². The number of unbranched alkanes of at least 4 members (excludes halogenated alkanes) is 2. The Kier molecular flexibility index (Phi) is 10.5. The van der Waals surface area contributed by atoms with Crippen LogP contribution in [0.3, 0.4) is 0 Å². The first kappa shape index (κ1) is 29.5. The zero-order valence-electron chi connectivity index (χ0n) is 25.2. The van der Waals surface area contributed by atoms with Gasteiger partial charge in [0.15, 0.2) is 0 Å². The zero-order valence-corrected chi connectivity index (χ0v) is 25.2. The summed E-state index contributed by atoms with van der Waals surface area (Å²) in [5.41, 5.74) is 5.33. The van der Waals surface area contributed by atoms with Gasteiger partial charge in [-0.05, 0) is 141 Å². The molecule has 5 rings (SSSR count). The summed E-state index contributed by atoms with van der Waals surface area (Å²) in [6.45, 7) is 4.38. The first-order valence-electron chi connectivity index (χ1n) is 16.8. The number of aryl methyl sites for hydroxylation is 1. The predicted octanol–water partition coefficient (Wildman–Crippen LogP) is 11.9. The van der Waals surface area contributed by atoms with Gasteiger partial charge in [-0.1, -0.05) is 76.3 Å². The molecule has 3 aliphatic carbocycles. The second kappa shape index (κ2) is 14.3. The predicted molar refractivity (Wildman–Crippen MR) is 166 cm³/mol. The molecule has 0 nitrogen and oxygen atoms in total. The first-order valence-corrected chi connectivity index (χ1v) is 16.8. The quantitative estimate of drug-likeness (QED) is 0.260. The van der Waals surface area contributed by atoms with Crippen molar-refractivity contribution in [2.45, 2.75) is 135 Å². The normalized spacial score (nSPS) is 27.4. The van der Waals surface area contributed by atoms with Crippen molar-refractivity contribution in [1.29, 1.82) is 0 Å². The van der Waals surface area contributed by atoms with Crippen LogP contribution >= 0.6 is 0 Å². The molecule has 0 bridgehead atoms. The minimum atomic E-state index is -0.0168. The second-order valence-electron chi connectivity index (χ2n) is 13.4. The summed E-state index contributed by atoms with van der Waals surface area (Å²) < 4.78 is 29.9. The Balaban J connectivity index is 1.11. The molecule has 0 spiro atoms. The molecule has 1 atom stereocenters. The smallest absolute Gasteiger partial charge is 0.130 e. The van der Waals surface area contributed by atoms with Gasteiger partial charge in [-0.15, -0.1) is 0 Å². The Bertz CT molecular complexity index is 1110. The maximum atomic E-state index is 15.4. The van der Waals surface area contributed by atoms with E-state index in [9.17, 15) is 4.39 Å². The molecule has 218 valence electrons. The number of allylic oxidation sites excluding steroid dienone is 2. The van der Waals surface area contributed by atoms with E-state index in [0.717, 1.165) is 48.6 Å². The summed E-state index contributed by atoms with van der Waals surface area (Å²) in [5.74, 6) is 3.37. The topological polar surface area (TPSA) is 0 Å². The molecule has 0 amide bonds. The van der Waals surface area contributed by atoms with E-state index >= 15 is 4.39 Å². The van der Waals surface area contributed by atoms with E-state index in [1.807, 2.05) is 18.2 Å². The molecule has 0 heterocycles. The first-order chi connectivity index (χ1) is 19.6. The van der Waals surface area contributed by atoms with Crippen LogP contribution in [0.15, 0.2) is 42.5 Å². The van der Waals surface area contributed by atoms with Gasteiger partial charge in [0.25, 0.3) is 0 Å². The Morgan fingerprint density at radius 1 is 0.675 bits per heavy atom. The summed E-state index contributed by atoms with van der Waals surface area (Å²) in [4.78, 5) is 0. The standard InChI is InChI=1S/C38H52F2/c1-3-5-6-8-27-9-11-30(12-10-27)35-23-24-36(38(40)26-35)32-19-17-29(18-20-32)28-13-15-31(16-14-28)34-22-21-33(7-4-2)37(39)25-34/h19,21-31H,3-18,20H2,1-2H3. The highest BCUT2D eigenvalue weighted by Crippen LogP contribution is 2.45. The number of hydrogen-bond acceptors (Lipinski definition) is 0. The Morgan fingerprint density at radius 2 is 1.35 bits per heavy atom. The Hall–Kier alpha value is -1.96. The minimum absolute atomic E-state index is 0.00929. The maximum Gasteiger partial charge on any atom is 0.130 e. The SMILES string of the molecule is CCCCCC1CCC(c2ccc(C3=CCC(C4CCC(c5ccc(CCC)c(F)c5)CC4)CC3)c(F)c2)CC1. The van der Waals surface area contributed by atoms with Gasteiger partial charge in [-0.25, -0.2) is 8.78 Å². The van der Waals surface area contributed by atoms with E-state index in [1.165, 1.54) is 100 Å². The van der Waals surface area contributed by atoms with Crippen LogP contribution in [0, 0.1) is 29.4 Å². The minimum Gasteiger partial charge on any atom is -0.207 e. The van der Waals surface area contributed by atoms with Crippen molar-refractivity contribution in [1.82, 2.24) is 0 Å². The van der Waals surface area contributed by atoms with Crippen molar-refractivity contribution in [2.24, 2.45) is 17.8 Å². The molecule has 2 saturated carbocycles. The lowest BCUT2D eigenvalue weighted by Gasteiger charge is -2.36. The molecule has 2 heteroatoms. The van der Waals surface area contributed by atoms with E-state index in [1.54, 1.807) is 0 Å². The average Bonchev–Trinajstić information content (AvgIpc) is 2.99. The van der Waals surface area contributed by atoms with Crippen molar-refractivity contribution >= 4 is 5.57 Å². The highest BCUT2D eigenvalue weighted by molar-refractivity contribution is 5.67. The van der Waals surface area contributed by atoms with Gasteiger partial charge >= 0.3 is 0 Å². The van der Waals surface area contributed by atoms with Crippen molar-refractivity contribution in [2.75, 3.05) is 0 Å². The number of rotatable bonds is 10. The third-order valence-corrected chi connectivity index (χ3v) is 10.8. The Labute approximate surface area is 243 Å². The molecule has 2 aromatic rings. The van der Waals surface area contributed by atoms with Crippen LogP contribution in [-0.2, 0) is 6.42 Å². The molecule has 2 fully saturated rings. The fourth-order valence-corrected chi connectivity index (χ4v) is 8.25. The third-order valence-electron chi connectivity index (χ3n) is 10.8.